The van der Waals surface area contributed by atoms with Crippen LogP contribution in [-0.2, 0) is 0 Å². The van der Waals surface area contributed by atoms with E-state index < -0.39 is 0 Å². The highest BCUT2D eigenvalue weighted by molar-refractivity contribution is 5.20. The van der Waals surface area contributed by atoms with Crippen molar-refractivity contribution in [2.75, 3.05) is 6.54 Å². The molecule has 0 amide bonds. The lowest BCUT2D eigenvalue weighted by atomic mass is 9.93. The number of nitrogens with one attached hydrogen (secondary N) is 1. The maximum Gasteiger partial charge on any atom is 0.0361 e. The second kappa shape index (κ2) is 5.86. The molecule has 1 aromatic heterocycles. The number of rotatable bonds is 5. The number of nitrogens with zero attached hydrogens (tertiary/aromatic N) is 1. The van der Waals surface area contributed by atoms with Crippen LogP contribution in [0.2, 0.25) is 0 Å². The number of pyridine rings is 1. The third kappa shape index (κ3) is 3.31. The molecule has 0 bridgehead atoms. The van der Waals surface area contributed by atoms with Crippen molar-refractivity contribution < 1.29 is 0 Å². The average molecular weight is 206 g/mol. The molecule has 0 aliphatic heterocycles. The highest BCUT2D eigenvalue weighted by atomic mass is 14.9. The van der Waals surface area contributed by atoms with Crippen molar-refractivity contribution in [2.45, 2.75) is 40.2 Å². The van der Waals surface area contributed by atoms with Gasteiger partial charge in [-0.25, -0.2) is 0 Å². The topological polar surface area (TPSA) is 24.9 Å². The Bertz CT molecular complexity index is 296. The fourth-order valence-corrected chi connectivity index (χ4v) is 1.85. The maximum atomic E-state index is 4.26. The number of hydrogen-bond donors (Lipinski definition) is 1. The molecule has 2 unspecified atom stereocenters. The van der Waals surface area contributed by atoms with E-state index >= 15 is 0 Å². The lowest BCUT2D eigenvalue weighted by Crippen LogP contribution is -2.26. The van der Waals surface area contributed by atoms with Crippen molar-refractivity contribution in [1.29, 1.82) is 0 Å². The zero-order valence-corrected chi connectivity index (χ0v) is 10.2. The average Bonchev–Trinajstić information content (AvgIpc) is 2.25. The summed E-state index contributed by atoms with van der Waals surface area (Å²) >= 11 is 0. The Morgan fingerprint density at radius 3 is 2.60 bits per heavy atom. The van der Waals surface area contributed by atoms with Gasteiger partial charge in [-0.1, -0.05) is 33.3 Å². The Labute approximate surface area is 93.1 Å². The molecule has 84 valence electrons. The Morgan fingerprint density at radius 2 is 2.07 bits per heavy atom. The summed E-state index contributed by atoms with van der Waals surface area (Å²) in [7, 11) is 0. The van der Waals surface area contributed by atoms with Gasteiger partial charge in [0.1, 0.15) is 0 Å². The number of aromatic nitrogens is 1. The van der Waals surface area contributed by atoms with Gasteiger partial charge < -0.3 is 5.32 Å². The Balaban J connectivity index is 2.88. The lowest BCUT2D eigenvalue weighted by Gasteiger charge is -2.24. The Morgan fingerprint density at radius 1 is 1.33 bits per heavy atom. The molecule has 2 heteroatoms. The van der Waals surface area contributed by atoms with Crippen LogP contribution in [0, 0.1) is 12.8 Å². The summed E-state index contributed by atoms with van der Waals surface area (Å²) < 4.78 is 0. The highest BCUT2D eigenvalue weighted by Gasteiger charge is 2.16. The van der Waals surface area contributed by atoms with E-state index in [1.165, 1.54) is 17.5 Å². The van der Waals surface area contributed by atoms with Crippen molar-refractivity contribution in [3.8, 4) is 0 Å². The molecule has 0 fully saturated rings. The van der Waals surface area contributed by atoms with Gasteiger partial charge >= 0.3 is 0 Å². The molecule has 0 aliphatic carbocycles. The van der Waals surface area contributed by atoms with Crippen molar-refractivity contribution in [3.63, 3.8) is 0 Å². The van der Waals surface area contributed by atoms with Gasteiger partial charge in [-0.3, -0.25) is 4.98 Å². The summed E-state index contributed by atoms with van der Waals surface area (Å²) in [6, 6.07) is 2.67. The van der Waals surface area contributed by atoms with Crippen molar-refractivity contribution in [3.05, 3.63) is 29.6 Å². The second-order valence-electron chi connectivity index (χ2n) is 4.22. The molecule has 0 aromatic carbocycles. The van der Waals surface area contributed by atoms with E-state index in [0.29, 0.717) is 12.0 Å². The molecule has 0 saturated heterocycles. The van der Waals surface area contributed by atoms with E-state index in [2.05, 4.69) is 44.1 Å². The smallest absolute Gasteiger partial charge is 0.0361 e. The largest absolute Gasteiger partial charge is 0.310 e. The number of aryl methyl sites for hydroxylation is 1. The third-order valence-electron chi connectivity index (χ3n) is 2.89. The van der Waals surface area contributed by atoms with Crippen LogP contribution in [-0.4, -0.2) is 11.5 Å². The molecule has 0 radical (unpaired) electrons. The van der Waals surface area contributed by atoms with Crippen LogP contribution >= 0.6 is 0 Å². The molecule has 1 heterocycles. The quantitative estimate of drug-likeness (QED) is 0.800. The monoisotopic (exact) mass is 206 g/mol. The molecule has 0 saturated carbocycles. The normalized spacial score (nSPS) is 14.9. The highest BCUT2D eigenvalue weighted by Crippen LogP contribution is 2.24. The third-order valence-corrected chi connectivity index (χ3v) is 2.89. The first-order chi connectivity index (χ1) is 7.19. The van der Waals surface area contributed by atoms with E-state index in [4.69, 9.17) is 0 Å². The van der Waals surface area contributed by atoms with E-state index in [-0.39, 0.29) is 0 Å². The van der Waals surface area contributed by atoms with Crippen LogP contribution in [0.3, 0.4) is 0 Å². The van der Waals surface area contributed by atoms with Crippen LogP contribution in [0.4, 0.5) is 0 Å². The van der Waals surface area contributed by atoms with E-state index in [0.717, 1.165) is 6.54 Å². The number of hydrogen-bond acceptors (Lipinski definition) is 2. The van der Waals surface area contributed by atoms with Gasteiger partial charge in [0.05, 0.1) is 0 Å². The van der Waals surface area contributed by atoms with Crippen LogP contribution in [0.15, 0.2) is 18.5 Å². The molecule has 2 nitrogen and oxygen atoms in total. The van der Waals surface area contributed by atoms with Gasteiger partial charge in [0.15, 0.2) is 0 Å². The van der Waals surface area contributed by atoms with Gasteiger partial charge in [-0.2, -0.15) is 0 Å². The zero-order chi connectivity index (χ0) is 11.3. The zero-order valence-electron chi connectivity index (χ0n) is 10.2. The summed E-state index contributed by atoms with van der Waals surface area (Å²) in [5.74, 6) is 0.647. The standard InChI is InChI=1S/C13H22N2/c1-5-11(4)13(15-6-2)12-7-10(3)8-14-9-12/h7-9,11,13,15H,5-6H2,1-4H3. The molecule has 1 rings (SSSR count). The van der Waals surface area contributed by atoms with Crippen LogP contribution in [0.1, 0.15) is 44.4 Å². The first-order valence-electron chi connectivity index (χ1n) is 5.84. The summed E-state index contributed by atoms with van der Waals surface area (Å²) in [6.07, 6.45) is 5.07. The van der Waals surface area contributed by atoms with Gasteiger partial charge in [0, 0.05) is 18.4 Å². The molecular weight excluding hydrogens is 184 g/mol. The molecule has 1 aromatic rings. The minimum absolute atomic E-state index is 0.437. The molecular formula is C13H22N2. The SMILES string of the molecule is CCNC(c1cncc(C)c1)C(C)CC. The summed E-state index contributed by atoms with van der Waals surface area (Å²) in [4.78, 5) is 4.26. The Hall–Kier alpha value is -0.890. The van der Waals surface area contributed by atoms with Gasteiger partial charge in [-0.05, 0) is 30.5 Å². The summed E-state index contributed by atoms with van der Waals surface area (Å²) in [5.41, 5.74) is 2.55. The predicted octanol–water partition coefficient (Wildman–Crippen LogP) is 3.09. The first kappa shape index (κ1) is 12.2. The van der Waals surface area contributed by atoms with Crippen LogP contribution in [0.5, 0.6) is 0 Å². The maximum absolute atomic E-state index is 4.26. The minimum Gasteiger partial charge on any atom is -0.310 e. The van der Waals surface area contributed by atoms with Gasteiger partial charge in [0.25, 0.3) is 0 Å². The molecule has 0 spiro atoms. The summed E-state index contributed by atoms with van der Waals surface area (Å²) in [6.45, 7) is 9.77. The van der Waals surface area contributed by atoms with Gasteiger partial charge in [-0.15, -0.1) is 0 Å². The first-order valence-corrected chi connectivity index (χ1v) is 5.84. The van der Waals surface area contributed by atoms with Crippen molar-refractivity contribution in [1.82, 2.24) is 10.3 Å². The molecule has 1 N–H and O–H groups in total. The Kier molecular flexibility index (Phi) is 4.76. The van der Waals surface area contributed by atoms with E-state index in [9.17, 15) is 0 Å². The van der Waals surface area contributed by atoms with Crippen molar-refractivity contribution >= 4 is 0 Å². The molecule has 15 heavy (non-hydrogen) atoms. The lowest BCUT2D eigenvalue weighted by molar-refractivity contribution is 0.383. The fraction of sp³-hybridized carbons (Fsp3) is 0.615. The summed E-state index contributed by atoms with van der Waals surface area (Å²) in [5, 5.41) is 3.54. The van der Waals surface area contributed by atoms with Crippen molar-refractivity contribution in [2.24, 2.45) is 5.92 Å². The fourth-order valence-electron chi connectivity index (χ4n) is 1.85. The molecule has 0 aliphatic rings. The van der Waals surface area contributed by atoms with E-state index in [1.807, 2.05) is 12.4 Å². The van der Waals surface area contributed by atoms with Crippen LogP contribution < -0.4 is 5.32 Å². The van der Waals surface area contributed by atoms with E-state index in [1.54, 1.807) is 0 Å². The van der Waals surface area contributed by atoms with Crippen LogP contribution in [0.25, 0.3) is 0 Å². The minimum atomic E-state index is 0.437. The van der Waals surface area contributed by atoms with Gasteiger partial charge in [0.2, 0.25) is 0 Å². The predicted molar refractivity (Wildman–Crippen MR) is 64.8 cm³/mol. The second-order valence-corrected chi connectivity index (χ2v) is 4.22. The molecule has 2 atom stereocenters.